The predicted molar refractivity (Wildman–Crippen MR) is 76.2 cm³/mol. The molecule has 0 aliphatic rings. The summed E-state index contributed by atoms with van der Waals surface area (Å²) in [4.78, 5) is 23.9. The quantitative estimate of drug-likeness (QED) is 0.907. The lowest BCUT2D eigenvalue weighted by Gasteiger charge is -2.12. The fourth-order valence-electron chi connectivity index (χ4n) is 1.85. The Hall–Kier alpha value is -2.77. The standard InChI is InChI=1S/C15H13F3N2O3/c1-9-6-7-23-12(9)14(22)20-11-5-3-2-4-10(11)13(21)19-8-15(16,17)18/h2-7H,8H2,1H3,(H,19,21)(H,20,22). The van der Waals surface area contributed by atoms with Crippen molar-refractivity contribution >= 4 is 17.5 Å². The van der Waals surface area contributed by atoms with E-state index in [2.05, 4.69) is 5.32 Å². The highest BCUT2D eigenvalue weighted by Crippen LogP contribution is 2.19. The van der Waals surface area contributed by atoms with E-state index in [4.69, 9.17) is 4.42 Å². The number of carbonyl (C=O) groups is 2. The number of anilines is 1. The third-order valence-electron chi connectivity index (χ3n) is 2.94. The van der Waals surface area contributed by atoms with Crippen molar-refractivity contribution in [2.75, 3.05) is 11.9 Å². The maximum atomic E-state index is 12.2. The van der Waals surface area contributed by atoms with Gasteiger partial charge in [-0.3, -0.25) is 9.59 Å². The first-order chi connectivity index (χ1) is 10.8. The fraction of sp³-hybridized carbons (Fsp3) is 0.200. The summed E-state index contributed by atoms with van der Waals surface area (Å²) >= 11 is 0. The smallest absolute Gasteiger partial charge is 0.405 e. The minimum absolute atomic E-state index is 0.0653. The first-order valence-electron chi connectivity index (χ1n) is 6.57. The van der Waals surface area contributed by atoms with Gasteiger partial charge < -0.3 is 15.1 Å². The molecule has 0 saturated heterocycles. The molecule has 1 heterocycles. The molecule has 122 valence electrons. The lowest BCUT2D eigenvalue weighted by molar-refractivity contribution is -0.123. The van der Waals surface area contributed by atoms with E-state index in [0.29, 0.717) is 5.56 Å². The molecule has 0 saturated carbocycles. The predicted octanol–water partition coefficient (Wildman–Crippen LogP) is 3.13. The van der Waals surface area contributed by atoms with E-state index in [1.807, 2.05) is 0 Å². The van der Waals surface area contributed by atoms with Gasteiger partial charge in [0, 0.05) is 5.56 Å². The number of aryl methyl sites for hydroxylation is 1. The van der Waals surface area contributed by atoms with Crippen LogP contribution >= 0.6 is 0 Å². The Morgan fingerprint density at radius 2 is 1.83 bits per heavy atom. The summed E-state index contributed by atoms with van der Waals surface area (Å²) in [5.41, 5.74) is 0.615. The highest BCUT2D eigenvalue weighted by molar-refractivity contribution is 6.08. The Morgan fingerprint density at radius 3 is 2.43 bits per heavy atom. The first kappa shape index (κ1) is 16.6. The second-order valence-electron chi connectivity index (χ2n) is 4.73. The minimum atomic E-state index is -4.51. The molecule has 2 aromatic rings. The summed E-state index contributed by atoms with van der Waals surface area (Å²) in [6.07, 6.45) is -3.18. The Bertz CT molecular complexity index is 723. The van der Waals surface area contributed by atoms with Gasteiger partial charge in [0.15, 0.2) is 5.76 Å². The maximum Gasteiger partial charge on any atom is 0.405 e. The zero-order valence-corrected chi connectivity index (χ0v) is 12.0. The molecule has 5 nitrogen and oxygen atoms in total. The molecular formula is C15H13F3N2O3. The number of alkyl halides is 3. The van der Waals surface area contributed by atoms with E-state index in [0.717, 1.165) is 0 Å². The molecule has 2 N–H and O–H groups in total. The number of rotatable bonds is 4. The highest BCUT2D eigenvalue weighted by atomic mass is 19.4. The summed E-state index contributed by atoms with van der Waals surface area (Å²) in [5.74, 6) is -1.46. The van der Waals surface area contributed by atoms with Crippen LogP contribution in [-0.4, -0.2) is 24.5 Å². The molecule has 0 atom stereocenters. The highest BCUT2D eigenvalue weighted by Gasteiger charge is 2.28. The molecule has 0 spiro atoms. The summed E-state index contributed by atoms with van der Waals surface area (Å²) in [6, 6.07) is 7.35. The molecule has 0 radical (unpaired) electrons. The van der Waals surface area contributed by atoms with Gasteiger partial charge in [-0.05, 0) is 25.1 Å². The first-order valence-corrected chi connectivity index (χ1v) is 6.57. The molecule has 0 unspecified atom stereocenters. The van der Waals surface area contributed by atoms with Gasteiger partial charge in [-0.15, -0.1) is 0 Å². The topological polar surface area (TPSA) is 71.3 Å². The second kappa shape index (κ2) is 6.55. The van der Waals surface area contributed by atoms with Gasteiger partial charge in [-0.1, -0.05) is 12.1 Å². The van der Waals surface area contributed by atoms with Crippen molar-refractivity contribution in [1.29, 1.82) is 0 Å². The zero-order valence-electron chi connectivity index (χ0n) is 12.0. The Kier molecular flexibility index (Phi) is 4.73. The van der Waals surface area contributed by atoms with Crippen molar-refractivity contribution in [3.8, 4) is 0 Å². The van der Waals surface area contributed by atoms with Gasteiger partial charge in [0.2, 0.25) is 0 Å². The molecular weight excluding hydrogens is 313 g/mol. The SMILES string of the molecule is Cc1ccoc1C(=O)Nc1ccccc1C(=O)NCC(F)(F)F. The summed E-state index contributed by atoms with van der Waals surface area (Å²) < 4.78 is 41.6. The normalized spacial score (nSPS) is 11.1. The number of furan rings is 1. The lowest BCUT2D eigenvalue weighted by Crippen LogP contribution is -2.34. The Morgan fingerprint density at radius 1 is 1.13 bits per heavy atom. The molecule has 0 fully saturated rings. The number of carbonyl (C=O) groups excluding carboxylic acids is 2. The monoisotopic (exact) mass is 326 g/mol. The zero-order chi connectivity index (χ0) is 17.0. The third kappa shape index (κ3) is 4.35. The number of hydrogen-bond acceptors (Lipinski definition) is 3. The number of benzene rings is 1. The van der Waals surface area contributed by atoms with Gasteiger partial charge >= 0.3 is 6.18 Å². The minimum Gasteiger partial charge on any atom is -0.459 e. The van der Waals surface area contributed by atoms with Crippen LogP contribution in [0.2, 0.25) is 0 Å². The van der Waals surface area contributed by atoms with Crippen LogP contribution in [0.1, 0.15) is 26.5 Å². The van der Waals surface area contributed by atoms with Crippen LogP contribution in [0.25, 0.3) is 0 Å². The number of para-hydroxylation sites is 1. The van der Waals surface area contributed by atoms with Crippen molar-refractivity contribution < 1.29 is 27.2 Å². The van der Waals surface area contributed by atoms with E-state index >= 15 is 0 Å². The Balaban J connectivity index is 2.16. The molecule has 23 heavy (non-hydrogen) atoms. The van der Waals surface area contributed by atoms with Crippen LogP contribution in [0.15, 0.2) is 41.0 Å². The number of amides is 2. The van der Waals surface area contributed by atoms with Gasteiger partial charge in [0.25, 0.3) is 11.8 Å². The van der Waals surface area contributed by atoms with Crippen LogP contribution in [0, 0.1) is 6.92 Å². The van der Waals surface area contributed by atoms with E-state index < -0.39 is 24.5 Å². The van der Waals surface area contributed by atoms with Crippen LogP contribution in [-0.2, 0) is 0 Å². The number of hydrogen-bond donors (Lipinski definition) is 2. The van der Waals surface area contributed by atoms with E-state index in [1.54, 1.807) is 24.4 Å². The molecule has 0 bridgehead atoms. The lowest BCUT2D eigenvalue weighted by atomic mass is 10.1. The second-order valence-corrected chi connectivity index (χ2v) is 4.73. The summed E-state index contributed by atoms with van der Waals surface area (Å²) in [6.45, 7) is 0.214. The largest absolute Gasteiger partial charge is 0.459 e. The van der Waals surface area contributed by atoms with Crippen LogP contribution in [0.3, 0.4) is 0 Å². The van der Waals surface area contributed by atoms with Gasteiger partial charge in [-0.2, -0.15) is 13.2 Å². The van der Waals surface area contributed by atoms with Crippen molar-refractivity contribution in [2.24, 2.45) is 0 Å². The van der Waals surface area contributed by atoms with Crippen LogP contribution < -0.4 is 10.6 Å². The average Bonchev–Trinajstić information content (AvgIpc) is 2.91. The van der Waals surface area contributed by atoms with E-state index in [1.165, 1.54) is 24.5 Å². The van der Waals surface area contributed by atoms with Gasteiger partial charge in [-0.25, -0.2) is 0 Å². The van der Waals surface area contributed by atoms with Crippen molar-refractivity contribution in [3.05, 3.63) is 53.5 Å². The molecule has 2 rings (SSSR count). The van der Waals surface area contributed by atoms with E-state index in [-0.39, 0.29) is 17.0 Å². The molecule has 0 aliphatic carbocycles. The van der Waals surface area contributed by atoms with Crippen molar-refractivity contribution in [2.45, 2.75) is 13.1 Å². The fourth-order valence-corrected chi connectivity index (χ4v) is 1.85. The Labute approximate surface area is 129 Å². The average molecular weight is 326 g/mol. The van der Waals surface area contributed by atoms with Crippen LogP contribution in [0.5, 0.6) is 0 Å². The van der Waals surface area contributed by atoms with Crippen molar-refractivity contribution in [1.82, 2.24) is 5.32 Å². The number of halogens is 3. The van der Waals surface area contributed by atoms with Crippen molar-refractivity contribution in [3.63, 3.8) is 0 Å². The third-order valence-corrected chi connectivity index (χ3v) is 2.94. The molecule has 0 aliphatic heterocycles. The van der Waals surface area contributed by atoms with Gasteiger partial charge in [0.05, 0.1) is 17.5 Å². The molecule has 2 amide bonds. The number of nitrogens with one attached hydrogen (secondary N) is 2. The van der Waals surface area contributed by atoms with Crippen LogP contribution in [0.4, 0.5) is 18.9 Å². The van der Waals surface area contributed by atoms with E-state index in [9.17, 15) is 22.8 Å². The maximum absolute atomic E-state index is 12.2. The molecule has 1 aromatic heterocycles. The summed E-state index contributed by atoms with van der Waals surface area (Å²) in [7, 11) is 0. The van der Waals surface area contributed by atoms with Gasteiger partial charge in [0.1, 0.15) is 6.54 Å². The molecule has 8 heteroatoms. The summed E-state index contributed by atoms with van der Waals surface area (Å²) in [5, 5.41) is 4.22. The molecule has 1 aromatic carbocycles.